The average molecular weight is 708 g/mol. The molecule has 0 aliphatic carbocycles. The van der Waals surface area contributed by atoms with Crippen LogP contribution in [0.5, 0.6) is 5.75 Å². The summed E-state index contributed by atoms with van der Waals surface area (Å²) in [5.41, 5.74) is 1.77. The predicted molar refractivity (Wildman–Crippen MR) is 194 cm³/mol. The summed E-state index contributed by atoms with van der Waals surface area (Å²) in [7, 11) is -4.28. The molecule has 4 aromatic rings. The Morgan fingerprint density at radius 2 is 1.56 bits per heavy atom. The molecular formula is C37H42ClN3O5S2. The summed E-state index contributed by atoms with van der Waals surface area (Å²) < 4.78 is 35.8. The molecular weight excluding hydrogens is 666 g/mol. The third kappa shape index (κ3) is 9.78. The van der Waals surface area contributed by atoms with E-state index in [4.69, 9.17) is 16.3 Å². The van der Waals surface area contributed by atoms with E-state index in [1.807, 2.05) is 56.5 Å². The summed E-state index contributed by atoms with van der Waals surface area (Å²) in [5, 5.41) is 3.48. The molecule has 0 radical (unpaired) electrons. The summed E-state index contributed by atoms with van der Waals surface area (Å²) in [6.45, 7) is 5.93. The first-order chi connectivity index (χ1) is 23.0. The second-order valence-electron chi connectivity index (χ2n) is 11.6. The van der Waals surface area contributed by atoms with Crippen molar-refractivity contribution in [3.8, 4) is 5.75 Å². The number of nitrogens with one attached hydrogen (secondary N) is 1. The molecule has 4 aromatic carbocycles. The van der Waals surface area contributed by atoms with Crippen LogP contribution in [-0.4, -0.2) is 57.1 Å². The van der Waals surface area contributed by atoms with Crippen LogP contribution in [0.15, 0.2) is 113 Å². The second-order valence-corrected chi connectivity index (χ2v) is 14.8. The van der Waals surface area contributed by atoms with E-state index in [0.29, 0.717) is 22.9 Å². The van der Waals surface area contributed by atoms with Gasteiger partial charge >= 0.3 is 0 Å². The van der Waals surface area contributed by atoms with Crippen LogP contribution in [0, 0.1) is 5.92 Å². The minimum absolute atomic E-state index is 0.0232. The lowest BCUT2D eigenvalue weighted by Gasteiger charge is -2.34. The zero-order valence-electron chi connectivity index (χ0n) is 27.6. The van der Waals surface area contributed by atoms with Crippen molar-refractivity contribution in [1.29, 1.82) is 0 Å². The molecule has 0 saturated heterocycles. The van der Waals surface area contributed by atoms with Crippen LogP contribution < -0.4 is 14.4 Å². The van der Waals surface area contributed by atoms with Gasteiger partial charge in [0.1, 0.15) is 18.3 Å². The Kier molecular flexibility index (Phi) is 13.4. The van der Waals surface area contributed by atoms with Gasteiger partial charge in [0, 0.05) is 29.4 Å². The Bertz CT molecular complexity index is 1770. The number of sulfonamides is 1. The molecule has 0 aliphatic rings. The second kappa shape index (κ2) is 17.4. The number of carbonyl (C=O) groups excluding carboxylic acids is 2. The van der Waals surface area contributed by atoms with Crippen molar-refractivity contribution in [2.45, 2.75) is 49.6 Å². The zero-order chi connectivity index (χ0) is 34.7. The first kappa shape index (κ1) is 36.8. The fourth-order valence-corrected chi connectivity index (χ4v) is 7.18. The van der Waals surface area contributed by atoms with Gasteiger partial charge in [0.15, 0.2) is 0 Å². The first-order valence-electron chi connectivity index (χ1n) is 15.8. The quantitative estimate of drug-likeness (QED) is 0.125. The summed E-state index contributed by atoms with van der Waals surface area (Å²) in [6, 6.07) is 28.8. The van der Waals surface area contributed by atoms with Crippen molar-refractivity contribution >= 4 is 50.9 Å². The van der Waals surface area contributed by atoms with Crippen molar-refractivity contribution in [2.24, 2.45) is 5.92 Å². The number of hydrogen-bond donors (Lipinski definition) is 1. The number of rotatable bonds is 16. The number of thioether (sulfide) groups is 1. The monoisotopic (exact) mass is 707 g/mol. The Morgan fingerprint density at radius 1 is 0.896 bits per heavy atom. The molecule has 1 N–H and O–H groups in total. The molecule has 0 unspecified atom stereocenters. The molecule has 4 rings (SSSR count). The molecule has 0 fully saturated rings. The lowest BCUT2D eigenvalue weighted by Crippen LogP contribution is -2.53. The van der Waals surface area contributed by atoms with E-state index in [9.17, 15) is 18.0 Å². The van der Waals surface area contributed by atoms with Gasteiger partial charge in [0.05, 0.1) is 17.2 Å². The highest BCUT2D eigenvalue weighted by Crippen LogP contribution is 2.33. The van der Waals surface area contributed by atoms with Crippen molar-refractivity contribution in [2.75, 3.05) is 30.3 Å². The summed E-state index contributed by atoms with van der Waals surface area (Å²) in [5.74, 6) is -0.406. The topological polar surface area (TPSA) is 96.0 Å². The molecule has 2 amide bonds. The molecule has 11 heteroatoms. The Morgan fingerprint density at radius 3 is 2.21 bits per heavy atom. The van der Waals surface area contributed by atoms with Crippen molar-refractivity contribution < 1.29 is 22.7 Å². The molecule has 8 nitrogen and oxygen atoms in total. The molecule has 0 bridgehead atoms. The van der Waals surface area contributed by atoms with E-state index in [2.05, 4.69) is 5.32 Å². The SMILES string of the molecule is CCOc1ccccc1N(CC(=O)N(Cc1cccc(Cl)c1)[C@H](Cc1ccccc1)C(=O)NCC(C)C)S(=O)(=O)c1ccc(SC)cc1. The zero-order valence-corrected chi connectivity index (χ0v) is 30.0. The molecule has 48 heavy (non-hydrogen) atoms. The van der Waals surface area contributed by atoms with Crippen LogP contribution in [0.25, 0.3) is 0 Å². The number of para-hydroxylation sites is 2. The lowest BCUT2D eigenvalue weighted by atomic mass is 10.0. The highest BCUT2D eigenvalue weighted by Gasteiger charge is 2.35. The molecule has 1 atom stereocenters. The minimum atomic E-state index is -4.28. The fraction of sp³-hybridized carbons (Fsp3) is 0.297. The largest absolute Gasteiger partial charge is 0.492 e. The van der Waals surface area contributed by atoms with Gasteiger partial charge < -0.3 is 15.0 Å². The van der Waals surface area contributed by atoms with Crippen LogP contribution in [0.3, 0.4) is 0 Å². The summed E-state index contributed by atoms with van der Waals surface area (Å²) >= 11 is 7.83. The minimum Gasteiger partial charge on any atom is -0.492 e. The molecule has 0 saturated carbocycles. The van der Waals surface area contributed by atoms with Gasteiger partial charge in [-0.3, -0.25) is 13.9 Å². The smallest absolute Gasteiger partial charge is 0.264 e. The maximum absolute atomic E-state index is 14.7. The maximum Gasteiger partial charge on any atom is 0.264 e. The van der Waals surface area contributed by atoms with Gasteiger partial charge in [-0.1, -0.05) is 80.0 Å². The van der Waals surface area contributed by atoms with Gasteiger partial charge in [-0.15, -0.1) is 11.8 Å². The van der Waals surface area contributed by atoms with Crippen LogP contribution in [0.1, 0.15) is 31.9 Å². The van der Waals surface area contributed by atoms with Gasteiger partial charge in [0.2, 0.25) is 11.8 Å². The van der Waals surface area contributed by atoms with Gasteiger partial charge in [0.25, 0.3) is 10.0 Å². The van der Waals surface area contributed by atoms with Gasteiger partial charge in [-0.25, -0.2) is 8.42 Å². The van der Waals surface area contributed by atoms with Crippen molar-refractivity contribution in [1.82, 2.24) is 10.2 Å². The number of hydrogen-bond acceptors (Lipinski definition) is 6. The normalized spacial score (nSPS) is 12.0. The average Bonchev–Trinajstić information content (AvgIpc) is 3.08. The number of carbonyl (C=O) groups is 2. The summed E-state index contributed by atoms with van der Waals surface area (Å²) in [4.78, 5) is 31.0. The number of halogens is 1. The van der Waals surface area contributed by atoms with Crippen LogP contribution in [0.4, 0.5) is 5.69 Å². The third-order valence-corrected chi connectivity index (χ3v) is 10.3. The van der Waals surface area contributed by atoms with E-state index in [-0.39, 0.29) is 42.0 Å². The van der Waals surface area contributed by atoms with Crippen LogP contribution in [0.2, 0.25) is 5.02 Å². The van der Waals surface area contributed by atoms with Gasteiger partial charge in [-0.2, -0.15) is 0 Å². The van der Waals surface area contributed by atoms with Crippen molar-refractivity contribution in [3.63, 3.8) is 0 Å². The number of benzene rings is 4. The van der Waals surface area contributed by atoms with E-state index in [0.717, 1.165) is 14.8 Å². The Hall–Kier alpha value is -3.99. The molecule has 0 spiro atoms. The van der Waals surface area contributed by atoms with Crippen LogP contribution in [-0.2, 0) is 32.6 Å². The van der Waals surface area contributed by atoms with E-state index in [1.54, 1.807) is 61.5 Å². The standard InChI is InChI=1S/C37H42ClN3O5S2/c1-5-46-35-17-10-9-16-33(35)41(48(44,45)32-20-18-31(47-4)19-21-32)26-36(42)40(25-29-14-11-15-30(38)22-29)34(37(43)39-24-27(2)3)23-28-12-7-6-8-13-28/h6-22,27,34H,5,23-26H2,1-4H3,(H,39,43)/t34-/m1/s1. The molecule has 0 aliphatic heterocycles. The molecule has 0 heterocycles. The van der Waals surface area contributed by atoms with E-state index < -0.39 is 28.5 Å². The lowest BCUT2D eigenvalue weighted by molar-refractivity contribution is -0.140. The number of nitrogens with zero attached hydrogens (tertiary/aromatic N) is 2. The molecule has 0 aromatic heterocycles. The van der Waals surface area contributed by atoms with E-state index in [1.165, 1.54) is 28.8 Å². The number of anilines is 1. The third-order valence-electron chi connectivity index (χ3n) is 7.56. The summed E-state index contributed by atoms with van der Waals surface area (Å²) in [6.07, 6.45) is 2.12. The predicted octanol–water partition coefficient (Wildman–Crippen LogP) is 7.07. The number of amides is 2. The Labute approximate surface area is 293 Å². The molecule has 254 valence electrons. The first-order valence-corrected chi connectivity index (χ1v) is 18.8. The van der Waals surface area contributed by atoms with Crippen LogP contribution >= 0.6 is 23.4 Å². The van der Waals surface area contributed by atoms with Crippen molar-refractivity contribution in [3.05, 3.63) is 119 Å². The van der Waals surface area contributed by atoms with Gasteiger partial charge in [-0.05, 0) is 78.8 Å². The fourth-order valence-electron chi connectivity index (χ4n) is 5.14. The Balaban J connectivity index is 1.84. The van der Waals surface area contributed by atoms with E-state index >= 15 is 0 Å². The highest BCUT2D eigenvalue weighted by molar-refractivity contribution is 7.98. The number of ether oxygens (including phenoxy) is 1. The highest BCUT2D eigenvalue weighted by atomic mass is 35.5. The maximum atomic E-state index is 14.7.